The number of benzene rings is 1. The monoisotopic (exact) mass is 325 g/mol. The lowest BCUT2D eigenvalue weighted by Crippen LogP contribution is -2.40. The molecule has 0 aromatic heterocycles. The number of amides is 1. The predicted molar refractivity (Wildman–Crippen MR) is 63.3 cm³/mol. The minimum Gasteiger partial charge on any atom is -0.382 e. The number of alkyl halides is 3. The van der Waals surface area contributed by atoms with Crippen LogP contribution in [-0.2, 0) is 0 Å². The van der Waals surface area contributed by atoms with Gasteiger partial charge in [-0.3, -0.25) is 4.79 Å². The average molecular weight is 326 g/mol. The number of aliphatic hydroxyl groups is 1. The maximum absolute atomic E-state index is 12.0. The Morgan fingerprint density at radius 3 is 2.61 bits per heavy atom. The van der Waals surface area contributed by atoms with Crippen LogP contribution in [0.5, 0.6) is 0 Å². The molecular formula is C11H11BrF3NO2. The van der Waals surface area contributed by atoms with E-state index in [0.29, 0.717) is 0 Å². The third-order valence-corrected chi connectivity index (χ3v) is 3.14. The van der Waals surface area contributed by atoms with Crippen LogP contribution in [0.2, 0.25) is 0 Å². The number of nitrogens with one attached hydrogen (secondary N) is 1. The van der Waals surface area contributed by atoms with Crippen LogP contribution >= 0.6 is 15.9 Å². The van der Waals surface area contributed by atoms with Crippen molar-refractivity contribution in [3.8, 4) is 0 Å². The first-order chi connectivity index (χ1) is 8.21. The molecule has 3 nitrogen and oxygen atoms in total. The van der Waals surface area contributed by atoms with Gasteiger partial charge in [0.1, 0.15) is 0 Å². The van der Waals surface area contributed by atoms with E-state index in [0.717, 1.165) is 10.0 Å². The van der Waals surface area contributed by atoms with Crippen molar-refractivity contribution >= 4 is 21.8 Å². The lowest BCUT2D eigenvalue weighted by molar-refractivity contribution is -0.201. The van der Waals surface area contributed by atoms with Crippen LogP contribution in [0.25, 0.3) is 0 Å². The van der Waals surface area contributed by atoms with Crippen molar-refractivity contribution < 1.29 is 23.1 Å². The van der Waals surface area contributed by atoms with Gasteiger partial charge in [-0.15, -0.1) is 0 Å². The second-order valence-corrected chi connectivity index (χ2v) is 4.59. The summed E-state index contributed by atoms with van der Waals surface area (Å²) in [5.41, 5.74) is 1.03. The summed E-state index contributed by atoms with van der Waals surface area (Å²) in [5, 5.41) is 10.8. The quantitative estimate of drug-likeness (QED) is 0.896. The van der Waals surface area contributed by atoms with E-state index < -0.39 is 24.7 Å². The smallest absolute Gasteiger partial charge is 0.382 e. The van der Waals surface area contributed by atoms with Crippen LogP contribution in [0.4, 0.5) is 13.2 Å². The number of rotatable bonds is 3. The van der Waals surface area contributed by atoms with Gasteiger partial charge in [0, 0.05) is 10.0 Å². The molecule has 7 heteroatoms. The number of carbonyl (C=O) groups excluding carboxylic acids is 1. The molecule has 1 rings (SSSR count). The van der Waals surface area contributed by atoms with E-state index in [-0.39, 0.29) is 5.56 Å². The zero-order valence-electron chi connectivity index (χ0n) is 9.38. The predicted octanol–water partition coefficient (Wildman–Crippen LogP) is 2.41. The molecule has 0 radical (unpaired) electrons. The molecule has 2 N–H and O–H groups in total. The summed E-state index contributed by atoms with van der Waals surface area (Å²) in [6.45, 7) is 0.892. The third kappa shape index (κ3) is 3.99. The fourth-order valence-corrected chi connectivity index (χ4v) is 1.44. The van der Waals surface area contributed by atoms with Crippen LogP contribution in [-0.4, -0.2) is 29.8 Å². The molecule has 1 unspecified atom stereocenters. The summed E-state index contributed by atoms with van der Waals surface area (Å²) >= 11 is 3.25. The summed E-state index contributed by atoms with van der Waals surface area (Å²) in [4.78, 5) is 11.5. The van der Waals surface area contributed by atoms with Gasteiger partial charge in [-0.1, -0.05) is 15.9 Å². The number of halogens is 4. The molecule has 1 amide bonds. The molecule has 0 heterocycles. The second-order valence-electron chi connectivity index (χ2n) is 3.73. The zero-order chi connectivity index (χ0) is 13.9. The zero-order valence-corrected chi connectivity index (χ0v) is 11.0. The van der Waals surface area contributed by atoms with E-state index >= 15 is 0 Å². The van der Waals surface area contributed by atoms with E-state index in [2.05, 4.69) is 15.9 Å². The standard InChI is InChI=1S/C11H11BrF3NO2/c1-6-4-7(2-3-8(6)12)10(18)16-5-9(17)11(13,14)15/h2-4,9,17H,5H2,1H3,(H,16,18). The van der Waals surface area contributed by atoms with E-state index in [1.54, 1.807) is 19.1 Å². The molecule has 0 aliphatic heterocycles. The van der Waals surface area contributed by atoms with Crippen molar-refractivity contribution in [1.82, 2.24) is 5.32 Å². The SMILES string of the molecule is Cc1cc(C(=O)NCC(O)C(F)(F)F)ccc1Br. The molecule has 0 saturated carbocycles. The van der Waals surface area contributed by atoms with Crippen LogP contribution in [0.15, 0.2) is 22.7 Å². The van der Waals surface area contributed by atoms with Crippen molar-refractivity contribution in [2.75, 3.05) is 6.54 Å². The molecule has 1 aromatic rings. The molecule has 1 aromatic carbocycles. The van der Waals surface area contributed by atoms with Crippen LogP contribution < -0.4 is 5.32 Å². The van der Waals surface area contributed by atoms with Gasteiger partial charge in [0.25, 0.3) is 5.91 Å². The van der Waals surface area contributed by atoms with Crippen molar-refractivity contribution in [2.45, 2.75) is 19.2 Å². The van der Waals surface area contributed by atoms with Crippen LogP contribution in [0, 0.1) is 6.92 Å². The maximum atomic E-state index is 12.0. The van der Waals surface area contributed by atoms with Crippen molar-refractivity contribution in [3.05, 3.63) is 33.8 Å². The molecule has 0 fully saturated rings. The van der Waals surface area contributed by atoms with Gasteiger partial charge in [-0.25, -0.2) is 0 Å². The summed E-state index contributed by atoms with van der Waals surface area (Å²) in [5.74, 6) is -0.658. The molecule has 0 aliphatic carbocycles. The Morgan fingerprint density at radius 1 is 1.50 bits per heavy atom. The van der Waals surface area contributed by atoms with Crippen molar-refractivity contribution in [2.24, 2.45) is 0 Å². The Balaban J connectivity index is 2.63. The summed E-state index contributed by atoms with van der Waals surface area (Å²) in [6.07, 6.45) is -7.29. The van der Waals surface area contributed by atoms with Gasteiger partial charge >= 0.3 is 6.18 Å². The summed E-state index contributed by atoms with van der Waals surface area (Å²) in [7, 11) is 0. The molecular weight excluding hydrogens is 315 g/mol. The van der Waals surface area contributed by atoms with Gasteiger partial charge in [0.2, 0.25) is 0 Å². The number of hydrogen-bond acceptors (Lipinski definition) is 2. The van der Waals surface area contributed by atoms with E-state index in [4.69, 9.17) is 5.11 Å². The first-order valence-corrected chi connectivity index (χ1v) is 5.80. The first kappa shape index (κ1) is 15.0. The lowest BCUT2D eigenvalue weighted by Gasteiger charge is -2.15. The largest absolute Gasteiger partial charge is 0.416 e. The molecule has 18 heavy (non-hydrogen) atoms. The number of hydrogen-bond donors (Lipinski definition) is 2. The normalized spacial score (nSPS) is 13.2. The van der Waals surface area contributed by atoms with Gasteiger partial charge in [-0.2, -0.15) is 13.2 Å². The molecule has 1 atom stereocenters. The highest BCUT2D eigenvalue weighted by molar-refractivity contribution is 9.10. The molecule has 0 spiro atoms. The van der Waals surface area contributed by atoms with Gasteiger partial charge in [0.15, 0.2) is 6.10 Å². The van der Waals surface area contributed by atoms with Crippen molar-refractivity contribution in [1.29, 1.82) is 0 Å². The molecule has 0 aliphatic rings. The highest BCUT2D eigenvalue weighted by Crippen LogP contribution is 2.20. The van der Waals surface area contributed by atoms with E-state index in [1.807, 2.05) is 5.32 Å². The Labute approximate surface area is 110 Å². The first-order valence-electron chi connectivity index (χ1n) is 5.01. The minimum absolute atomic E-state index is 0.241. The summed E-state index contributed by atoms with van der Waals surface area (Å²) < 4.78 is 36.8. The van der Waals surface area contributed by atoms with Crippen molar-refractivity contribution in [3.63, 3.8) is 0 Å². The van der Waals surface area contributed by atoms with Gasteiger partial charge in [-0.05, 0) is 30.7 Å². The van der Waals surface area contributed by atoms with E-state index in [1.165, 1.54) is 6.07 Å². The Morgan fingerprint density at radius 2 is 2.11 bits per heavy atom. The highest BCUT2D eigenvalue weighted by atomic mass is 79.9. The Kier molecular flexibility index (Phi) is 4.75. The topological polar surface area (TPSA) is 49.3 Å². The third-order valence-electron chi connectivity index (χ3n) is 2.25. The molecule has 100 valence electrons. The summed E-state index contributed by atoms with van der Waals surface area (Å²) in [6, 6.07) is 4.65. The lowest BCUT2D eigenvalue weighted by atomic mass is 10.1. The van der Waals surface area contributed by atoms with Gasteiger partial charge in [0.05, 0.1) is 6.54 Å². The Bertz CT molecular complexity index is 448. The fraction of sp³-hybridized carbons (Fsp3) is 0.364. The van der Waals surface area contributed by atoms with Crippen LogP contribution in [0.3, 0.4) is 0 Å². The highest BCUT2D eigenvalue weighted by Gasteiger charge is 2.38. The fourth-order valence-electron chi connectivity index (χ4n) is 1.19. The van der Waals surface area contributed by atoms with E-state index in [9.17, 15) is 18.0 Å². The number of aliphatic hydroxyl groups excluding tert-OH is 1. The molecule has 0 bridgehead atoms. The van der Waals surface area contributed by atoms with Gasteiger partial charge < -0.3 is 10.4 Å². The van der Waals surface area contributed by atoms with Crippen LogP contribution in [0.1, 0.15) is 15.9 Å². The average Bonchev–Trinajstić information content (AvgIpc) is 2.27. The Hall–Kier alpha value is -1.08. The second kappa shape index (κ2) is 5.71. The maximum Gasteiger partial charge on any atom is 0.416 e. The number of aryl methyl sites for hydroxylation is 1. The molecule has 0 saturated heterocycles. The number of carbonyl (C=O) groups is 1. The minimum atomic E-state index is -4.73.